The second-order valence-electron chi connectivity index (χ2n) is 5.09. The molecule has 0 aliphatic carbocycles. The largest absolute Gasteiger partial charge is 0.508 e. The first-order chi connectivity index (χ1) is 10.7. The van der Waals surface area contributed by atoms with E-state index in [0.717, 1.165) is 33.8 Å². The first-order valence-corrected chi connectivity index (χ1v) is 9.06. The molecule has 1 fully saturated rings. The fraction of sp³-hybridized carbons (Fsp3) is 0.188. The smallest absolute Gasteiger partial charge is 0.116 e. The number of aromatic hydroxyl groups is 2. The van der Waals surface area contributed by atoms with Crippen LogP contribution in [0.15, 0.2) is 42.5 Å². The summed E-state index contributed by atoms with van der Waals surface area (Å²) in [5.74, 6) is 2.74. The zero-order chi connectivity index (χ0) is 15.1. The summed E-state index contributed by atoms with van der Waals surface area (Å²) in [4.78, 5) is 0. The highest BCUT2D eigenvalue weighted by Crippen LogP contribution is 2.48. The van der Waals surface area contributed by atoms with E-state index in [1.807, 2.05) is 46.4 Å². The molecule has 0 radical (unpaired) electrons. The maximum Gasteiger partial charge on any atom is 0.116 e. The van der Waals surface area contributed by atoms with Crippen LogP contribution in [0.1, 0.15) is 10.3 Å². The number of nitrogens with zero attached hydrogens (tertiary/aromatic N) is 2. The van der Waals surface area contributed by atoms with Gasteiger partial charge >= 0.3 is 0 Å². The van der Waals surface area contributed by atoms with E-state index >= 15 is 0 Å². The van der Waals surface area contributed by atoms with Gasteiger partial charge in [-0.2, -0.15) is 5.10 Å². The number of thioether (sulfide) groups is 2. The first kappa shape index (κ1) is 13.8. The number of hydrogen-bond donors (Lipinski definition) is 2. The molecule has 0 spiro atoms. The highest BCUT2D eigenvalue weighted by Gasteiger charge is 2.26. The first-order valence-electron chi connectivity index (χ1n) is 6.96. The van der Waals surface area contributed by atoms with Crippen molar-refractivity contribution >= 4 is 34.4 Å². The van der Waals surface area contributed by atoms with Gasteiger partial charge in [-0.05, 0) is 42.5 Å². The molecular weight excluding hydrogens is 316 g/mol. The van der Waals surface area contributed by atoms with E-state index in [2.05, 4.69) is 0 Å². The zero-order valence-corrected chi connectivity index (χ0v) is 13.3. The van der Waals surface area contributed by atoms with Crippen LogP contribution in [0, 0.1) is 0 Å². The lowest BCUT2D eigenvalue weighted by atomic mass is 10.2. The fourth-order valence-corrected chi connectivity index (χ4v) is 5.56. The second-order valence-corrected chi connectivity index (χ2v) is 7.81. The summed E-state index contributed by atoms with van der Waals surface area (Å²) < 4.78 is 2.24. The summed E-state index contributed by atoms with van der Waals surface area (Å²) in [6, 6.07) is 12.3. The molecule has 22 heavy (non-hydrogen) atoms. The quantitative estimate of drug-likeness (QED) is 0.746. The van der Waals surface area contributed by atoms with E-state index < -0.39 is 0 Å². The van der Waals surface area contributed by atoms with Gasteiger partial charge in [-0.25, -0.2) is 4.68 Å². The SMILES string of the molecule is Oc1ccc(-n2nc3ccc(O)cc3c2C2SCCS2)cc1. The molecule has 0 amide bonds. The Labute approximate surface area is 136 Å². The molecule has 1 aliphatic rings. The minimum Gasteiger partial charge on any atom is -0.508 e. The number of benzene rings is 2. The van der Waals surface area contributed by atoms with Crippen molar-refractivity contribution < 1.29 is 10.2 Å². The molecule has 4 nitrogen and oxygen atoms in total. The van der Waals surface area contributed by atoms with Gasteiger partial charge in [-0.15, -0.1) is 23.5 Å². The maximum absolute atomic E-state index is 9.83. The molecule has 112 valence electrons. The van der Waals surface area contributed by atoms with Crippen LogP contribution < -0.4 is 0 Å². The molecule has 1 aromatic heterocycles. The molecule has 2 aromatic carbocycles. The predicted octanol–water partition coefficient (Wildman–Crippen LogP) is 3.92. The van der Waals surface area contributed by atoms with Gasteiger partial charge in [-0.3, -0.25) is 0 Å². The topological polar surface area (TPSA) is 58.3 Å². The van der Waals surface area contributed by atoms with Gasteiger partial charge in [0.05, 0.1) is 21.5 Å². The summed E-state index contributed by atoms with van der Waals surface area (Å²) in [6.07, 6.45) is 0. The molecule has 1 saturated heterocycles. The third-order valence-electron chi connectivity index (χ3n) is 3.63. The van der Waals surface area contributed by atoms with Crippen molar-refractivity contribution in [2.45, 2.75) is 4.58 Å². The minimum absolute atomic E-state index is 0.240. The van der Waals surface area contributed by atoms with E-state index in [4.69, 9.17) is 5.10 Å². The Morgan fingerprint density at radius 1 is 0.955 bits per heavy atom. The Hall–Kier alpha value is -1.79. The molecule has 0 atom stereocenters. The summed E-state index contributed by atoms with van der Waals surface area (Å²) in [7, 11) is 0. The second kappa shape index (κ2) is 5.44. The van der Waals surface area contributed by atoms with Gasteiger partial charge in [0.1, 0.15) is 11.5 Å². The van der Waals surface area contributed by atoms with Crippen molar-refractivity contribution in [2.24, 2.45) is 0 Å². The number of rotatable bonds is 2. The standard InChI is InChI=1S/C16H14N2O2S2/c19-11-3-1-10(2-4-11)18-15(16-21-7-8-22-16)13-9-12(20)5-6-14(13)17-18/h1-6,9,16,19-20H,7-8H2. The van der Waals surface area contributed by atoms with Gasteiger partial charge < -0.3 is 10.2 Å². The zero-order valence-electron chi connectivity index (χ0n) is 11.6. The molecule has 2 heterocycles. The molecule has 0 unspecified atom stereocenters. The number of aromatic nitrogens is 2. The lowest BCUT2D eigenvalue weighted by molar-refractivity contribution is 0.475. The van der Waals surface area contributed by atoms with Gasteiger partial charge in [0.2, 0.25) is 0 Å². The molecule has 0 saturated carbocycles. The maximum atomic E-state index is 9.83. The normalized spacial score (nSPS) is 15.6. The van der Waals surface area contributed by atoms with Crippen molar-refractivity contribution in [3.8, 4) is 17.2 Å². The Kier molecular flexibility index (Phi) is 3.43. The molecule has 4 rings (SSSR count). The van der Waals surface area contributed by atoms with Crippen molar-refractivity contribution in [2.75, 3.05) is 11.5 Å². The van der Waals surface area contributed by atoms with Crippen LogP contribution in [0.25, 0.3) is 16.6 Å². The van der Waals surface area contributed by atoms with Crippen LogP contribution >= 0.6 is 23.5 Å². The number of fused-ring (bicyclic) bond motifs is 1. The van der Waals surface area contributed by atoms with Crippen molar-refractivity contribution in [1.82, 2.24) is 9.78 Å². The van der Waals surface area contributed by atoms with Gasteiger partial charge in [0, 0.05) is 16.9 Å². The van der Waals surface area contributed by atoms with E-state index in [9.17, 15) is 10.2 Å². The number of phenols is 2. The molecule has 6 heteroatoms. The highest BCUT2D eigenvalue weighted by molar-refractivity contribution is 8.19. The molecule has 0 bridgehead atoms. The Morgan fingerprint density at radius 2 is 1.64 bits per heavy atom. The van der Waals surface area contributed by atoms with Crippen LogP contribution in [-0.4, -0.2) is 31.5 Å². The summed E-state index contributed by atoms with van der Waals surface area (Å²) in [5, 5.41) is 25.0. The van der Waals surface area contributed by atoms with Gasteiger partial charge in [0.15, 0.2) is 0 Å². The molecular formula is C16H14N2O2S2. The number of phenolic OH excluding ortho intramolecular Hbond substituents is 2. The van der Waals surface area contributed by atoms with Crippen molar-refractivity contribution in [3.05, 3.63) is 48.2 Å². The van der Waals surface area contributed by atoms with Crippen LogP contribution in [0.2, 0.25) is 0 Å². The van der Waals surface area contributed by atoms with Crippen molar-refractivity contribution in [1.29, 1.82) is 0 Å². The monoisotopic (exact) mass is 330 g/mol. The average molecular weight is 330 g/mol. The van der Waals surface area contributed by atoms with E-state index in [1.165, 1.54) is 0 Å². The lowest BCUT2D eigenvalue weighted by Gasteiger charge is -2.12. The fourth-order valence-electron chi connectivity index (χ4n) is 2.63. The minimum atomic E-state index is 0.240. The van der Waals surface area contributed by atoms with Crippen molar-refractivity contribution in [3.63, 3.8) is 0 Å². The van der Waals surface area contributed by atoms with Crippen LogP contribution in [0.4, 0.5) is 0 Å². The highest BCUT2D eigenvalue weighted by atomic mass is 32.2. The predicted molar refractivity (Wildman–Crippen MR) is 92.1 cm³/mol. The van der Waals surface area contributed by atoms with E-state index in [0.29, 0.717) is 4.58 Å². The van der Waals surface area contributed by atoms with Crippen LogP contribution in [0.5, 0.6) is 11.5 Å². The van der Waals surface area contributed by atoms with Gasteiger partial charge in [0.25, 0.3) is 0 Å². The molecule has 1 aliphatic heterocycles. The van der Waals surface area contributed by atoms with E-state index in [-0.39, 0.29) is 11.5 Å². The third kappa shape index (κ3) is 2.32. The lowest BCUT2D eigenvalue weighted by Crippen LogP contribution is -2.02. The van der Waals surface area contributed by atoms with Gasteiger partial charge in [-0.1, -0.05) is 0 Å². The number of hydrogen-bond acceptors (Lipinski definition) is 5. The Balaban J connectivity index is 1.96. The summed E-state index contributed by atoms with van der Waals surface area (Å²) in [6.45, 7) is 0. The molecule has 3 aromatic rings. The third-order valence-corrected chi connectivity index (χ3v) is 6.64. The van der Waals surface area contributed by atoms with Crippen LogP contribution in [-0.2, 0) is 0 Å². The Morgan fingerprint density at radius 3 is 2.36 bits per heavy atom. The Bertz CT molecular complexity index is 824. The van der Waals surface area contributed by atoms with Crippen LogP contribution in [0.3, 0.4) is 0 Å². The summed E-state index contributed by atoms with van der Waals surface area (Å²) >= 11 is 3.81. The van der Waals surface area contributed by atoms with E-state index in [1.54, 1.807) is 24.3 Å². The molecule has 2 N–H and O–H groups in total. The summed E-state index contributed by atoms with van der Waals surface area (Å²) in [5.41, 5.74) is 2.88. The average Bonchev–Trinajstić information content (AvgIpc) is 3.14.